The average molecular weight is 274 g/mol. The predicted octanol–water partition coefficient (Wildman–Crippen LogP) is 2.09. The molecule has 1 N–H and O–H groups in total. The summed E-state index contributed by atoms with van der Waals surface area (Å²) in [4.78, 5) is 4.85. The van der Waals surface area contributed by atoms with Crippen LogP contribution in [0.3, 0.4) is 0 Å². The first-order valence-corrected chi connectivity index (χ1v) is 7.51. The van der Waals surface area contributed by atoms with E-state index in [-0.39, 0.29) is 6.10 Å². The zero-order valence-electron chi connectivity index (χ0n) is 12.6. The van der Waals surface area contributed by atoms with Crippen LogP contribution in [-0.4, -0.2) is 59.8 Å². The van der Waals surface area contributed by atoms with Crippen molar-refractivity contribution >= 4 is 6.08 Å². The average Bonchev–Trinajstić information content (AvgIpc) is 2.43. The summed E-state index contributed by atoms with van der Waals surface area (Å²) in [7, 11) is 0. The minimum Gasteiger partial charge on any atom is -0.392 e. The van der Waals surface area contributed by atoms with Crippen molar-refractivity contribution < 1.29 is 5.11 Å². The van der Waals surface area contributed by atoms with Gasteiger partial charge < -0.3 is 5.11 Å². The predicted molar refractivity (Wildman–Crippen MR) is 84.6 cm³/mol. The van der Waals surface area contributed by atoms with Gasteiger partial charge in [-0.15, -0.1) is 0 Å². The van der Waals surface area contributed by atoms with Crippen LogP contribution >= 0.6 is 0 Å². The van der Waals surface area contributed by atoms with Crippen LogP contribution in [0.2, 0.25) is 0 Å². The second kappa shape index (κ2) is 7.58. The summed E-state index contributed by atoms with van der Waals surface area (Å²) < 4.78 is 0. The van der Waals surface area contributed by atoms with Crippen molar-refractivity contribution in [2.45, 2.75) is 26.0 Å². The van der Waals surface area contributed by atoms with E-state index in [0.29, 0.717) is 6.04 Å². The molecule has 0 spiro atoms. The van der Waals surface area contributed by atoms with Crippen LogP contribution in [0.25, 0.3) is 6.08 Å². The smallest absolute Gasteiger partial charge is 0.0639 e. The SMILES string of the molecule is C[C@H](O)CN1CCN(C/C=C/c2ccccc2)C[C@@H]1C. The van der Waals surface area contributed by atoms with Gasteiger partial charge in [0.1, 0.15) is 0 Å². The van der Waals surface area contributed by atoms with Gasteiger partial charge in [0.15, 0.2) is 0 Å². The molecule has 1 saturated heterocycles. The molecule has 0 unspecified atom stereocenters. The molecular weight excluding hydrogens is 248 g/mol. The van der Waals surface area contributed by atoms with Gasteiger partial charge in [-0.3, -0.25) is 9.80 Å². The molecule has 1 aromatic rings. The van der Waals surface area contributed by atoms with Crippen molar-refractivity contribution in [3.05, 3.63) is 42.0 Å². The first kappa shape index (κ1) is 15.2. The number of piperazine rings is 1. The van der Waals surface area contributed by atoms with Gasteiger partial charge in [0.2, 0.25) is 0 Å². The summed E-state index contributed by atoms with van der Waals surface area (Å²) in [6, 6.07) is 10.9. The molecular formula is C17H26N2O. The Kier molecular flexibility index (Phi) is 5.77. The van der Waals surface area contributed by atoms with E-state index in [2.05, 4.69) is 53.1 Å². The number of β-amino-alcohol motifs (C(OH)–C–C–N with tert-alkyl or cyclic N) is 1. The zero-order chi connectivity index (χ0) is 14.4. The maximum atomic E-state index is 9.49. The van der Waals surface area contributed by atoms with Gasteiger partial charge in [0.25, 0.3) is 0 Å². The van der Waals surface area contributed by atoms with Gasteiger partial charge in [0.05, 0.1) is 6.10 Å². The van der Waals surface area contributed by atoms with Gasteiger partial charge >= 0.3 is 0 Å². The van der Waals surface area contributed by atoms with Crippen LogP contribution in [-0.2, 0) is 0 Å². The number of hydrogen-bond donors (Lipinski definition) is 1. The van der Waals surface area contributed by atoms with E-state index in [1.54, 1.807) is 0 Å². The molecule has 2 rings (SSSR count). The van der Waals surface area contributed by atoms with Crippen LogP contribution in [0.1, 0.15) is 19.4 Å². The maximum absolute atomic E-state index is 9.49. The highest BCUT2D eigenvalue weighted by atomic mass is 16.3. The van der Waals surface area contributed by atoms with Crippen LogP contribution < -0.4 is 0 Å². The van der Waals surface area contributed by atoms with Crippen molar-refractivity contribution in [3.8, 4) is 0 Å². The molecule has 0 amide bonds. The first-order valence-electron chi connectivity index (χ1n) is 7.51. The summed E-state index contributed by atoms with van der Waals surface area (Å²) in [5.74, 6) is 0. The summed E-state index contributed by atoms with van der Waals surface area (Å²) in [5, 5.41) is 9.49. The Bertz CT molecular complexity index is 416. The van der Waals surface area contributed by atoms with Crippen molar-refractivity contribution in [2.24, 2.45) is 0 Å². The van der Waals surface area contributed by atoms with E-state index >= 15 is 0 Å². The van der Waals surface area contributed by atoms with Gasteiger partial charge in [-0.2, -0.15) is 0 Å². The standard InChI is InChI=1S/C17H26N2O/c1-15-13-18(11-12-19(15)14-16(2)20)10-6-9-17-7-4-3-5-8-17/h3-9,15-16,20H,10-14H2,1-2H3/b9-6+/t15-,16-/m0/s1. The van der Waals surface area contributed by atoms with Crippen LogP contribution in [0.5, 0.6) is 0 Å². The number of rotatable bonds is 5. The Morgan fingerprint density at radius 3 is 2.70 bits per heavy atom. The van der Waals surface area contributed by atoms with Crippen molar-refractivity contribution in [1.82, 2.24) is 9.80 Å². The minimum atomic E-state index is -0.234. The number of aliphatic hydroxyl groups excluding tert-OH is 1. The zero-order valence-corrected chi connectivity index (χ0v) is 12.6. The van der Waals surface area contributed by atoms with Crippen molar-refractivity contribution in [1.29, 1.82) is 0 Å². The Balaban J connectivity index is 1.77. The number of hydrogen-bond acceptors (Lipinski definition) is 3. The van der Waals surface area contributed by atoms with Gasteiger partial charge in [-0.05, 0) is 19.4 Å². The van der Waals surface area contributed by atoms with E-state index in [1.807, 2.05) is 13.0 Å². The highest BCUT2D eigenvalue weighted by Crippen LogP contribution is 2.10. The molecule has 0 aliphatic carbocycles. The normalized spacial score (nSPS) is 23.2. The lowest BCUT2D eigenvalue weighted by Crippen LogP contribution is -2.53. The fourth-order valence-electron chi connectivity index (χ4n) is 2.75. The molecule has 20 heavy (non-hydrogen) atoms. The Morgan fingerprint density at radius 1 is 1.30 bits per heavy atom. The van der Waals surface area contributed by atoms with E-state index in [1.165, 1.54) is 5.56 Å². The number of benzene rings is 1. The monoisotopic (exact) mass is 274 g/mol. The van der Waals surface area contributed by atoms with Crippen LogP contribution in [0, 0.1) is 0 Å². The number of aliphatic hydroxyl groups is 1. The van der Waals surface area contributed by atoms with E-state index in [4.69, 9.17) is 0 Å². The Labute approximate surface area is 122 Å². The first-order chi connectivity index (χ1) is 9.65. The fourth-order valence-corrected chi connectivity index (χ4v) is 2.75. The van der Waals surface area contributed by atoms with Crippen LogP contribution in [0.4, 0.5) is 0 Å². The lowest BCUT2D eigenvalue weighted by molar-refractivity contribution is 0.0495. The number of nitrogens with zero attached hydrogens (tertiary/aromatic N) is 2. The summed E-state index contributed by atoms with van der Waals surface area (Å²) in [6.07, 6.45) is 4.20. The molecule has 1 fully saturated rings. The second-order valence-electron chi connectivity index (χ2n) is 5.77. The lowest BCUT2D eigenvalue weighted by atomic mass is 10.1. The summed E-state index contributed by atoms with van der Waals surface area (Å²) in [5.41, 5.74) is 1.26. The molecule has 1 aliphatic heterocycles. The fraction of sp³-hybridized carbons (Fsp3) is 0.529. The highest BCUT2D eigenvalue weighted by molar-refractivity contribution is 5.48. The molecule has 0 saturated carbocycles. The van der Waals surface area contributed by atoms with Gasteiger partial charge in [0, 0.05) is 38.8 Å². The van der Waals surface area contributed by atoms with E-state index in [0.717, 1.165) is 32.7 Å². The van der Waals surface area contributed by atoms with Gasteiger partial charge in [-0.1, -0.05) is 42.5 Å². The topological polar surface area (TPSA) is 26.7 Å². The molecule has 0 aromatic heterocycles. The molecule has 3 nitrogen and oxygen atoms in total. The molecule has 1 aromatic carbocycles. The minimum absolute atomic E-state index is 0.234. The highest BCUT2D eigenvalue weighted by Gasteiger charge is 2.23. The van der Waals surface area contributed by atoms with E-state index < -0.39 is 0 Å². The quantitative estimate of drug-likeness (QED) is 0.890. The summed E-state index contributed by atoms with van der Waals surface area (Å²) >= 11 is 0. The lowest BCUT2D eigenvalue weighted by Gasteiger charge is -2.40. The maximum Gasteiger partial charge on any atom is 0.0639 e. The van der Waals surface area contributed by atoms with Crippen LogP contribution in [0.15, 0.2) is 36.4 Å². The summed E-state index contributed by atoms with van der Waals surface area (Å²) in [6.45, 7) is 9.10. The Morgan fingerprint density at radius 2 is 2.05 bits per heavy atom. The third-order valence-electron chi connectivity index (χ3n) is 3.82. The molecule has 2 atom stereocenters. The second-order valence-corrected chi connectivity index (χ2v) is 5.77. The van der Waals surface area contributed by atoms with E-state index in [9.17, 15) is 5.11 Å². The molecule has 1 heterocycles. The molecule has 110 valence electrons. The molecule has 0 radical (unpaired) electrons. The van der Waals surface area contributed by atoms with Crippen molar-refractivity contribution in [2.75, 3.05) is 32.7 Å². The third-order valence-corrected chi connectivity index (χ3v) is 3.82. The largest absolute Gasteiger partial charge is 0.392 e. The van der Waals surface area contributed by atoms with Crippen molar-refractivity contribution in [3.63, 3.8) is 0 Å². The molecule has 3 heteroatoms. The molecule has 1 aliphatic rings. The van der Waals surface area contributed by atoms with Gasteiger partial charge in [-0.25, -0.2) is 0 Å². The third kappa shape index (κ3) is 4.75. The molecule has 0 bridgehead atoms. The Hall–Kier alpha value is -1.16.